The maximum absolute atomic E-state index is 12.2. The monoisotopic (exact) mass is 265 g/mol. The van der Waals surface area contributed by atoms with Gasteiger partial charge in [-0.1, -0.05) is 30.3 Å². The standard InChI is InChI=1S/C13H16NO3P/c1-16-18(15,17-2)9-10-7-8-13(14)12-6-4-3-5-11(10)12/h3-8H,9,14H2,1-2H3. The smallest absolute Gasteiger partial charge is 0.334 e. The Labute approximate surface area is 106 Å². The Morgan fingerprint density at radius 1 is 1.06 bits per heavy atom. The fourth-order valence-electron chi connectivity index (χ4n) is 1.93. The third kappa shape index (κ3) is 2.41. The molecule has 0 spiro atoms. The molecule has 0 saturated carbocycles. The van der Waals surface area contributed by atoms with Crippen LogP contribution in [0, 0.1) is 0 Å². The van der Waals surface area contributed by atoms with Gasteiger partial charge in [-0.2, -0.15) is 0 Å². The van der Waals surface area contributed by atoms with Crippen LogP contribution in [0.1, 0.15) is 5.56 Å². The Kier molecular flexibility index (Phi) is 3.71. The summed E-state index contributed by atoms with van der Waals surface area (Å²) in [5.41, 5.74) is 7.54. The first-order valence-corrected chi connectivity index (χ1v) is 7.29. The Morgan fingerprint density at radius 2 is 1.67 bits per heavy atom. The van der Waals surface area contributed by atoms with Crippen LogP contribution in [-0.4, -0.2) is 14.2 Å². The van der Waals surface area contributed by atoms with Crippen LogP contribution >= 0.6 is 7.60 Å². The van der Waals surface area contributed by atoms with Crippen LogP contribution in [0.15, 0.2) is 36.4 Å². The van der Waals surface area contributed by atoms with Crippen LogP contribution in [0.25, 0.3) is 10.8 Å². The molecule has 0 atom stereocenters. The quantitative estimate of drug-likeness (QED) is 0.679. The van der Waals surface area contributed by atoms with Crippen LogP contribution in [0.4, 0.5) is 5.69 Å². The third-order valence-corrected chi connectivity index (χ3v) is 4.81. The second kappa shape index (κ2) is 5.11. The van der Waals surface area contributed by atoms with Gasteiger partial charge in [-0.25, -0.2) is 0 Å². The minimum absolute atomic E-state index is 0.237. The van der Waals surface area contributed by atoms with Crippen molar-refractivity contribution in [2.45, 2.75) is 6.16 Å². The average Bonchev–Trinajstić information content (AvgIpc) is 2.42. The fraction of sp³-hybridized carbons (Fsp3) is 0.231. The van der Waals surface area contributed by atoms with E-state index in [9.17, 15) is 4.57 Å². The van der Waals surface area contributed by atoms with Gasteiger partial charge in [-0.05, 0) is 17.0 Å². The lowest BCUT2D eigenvalue weighted by molar-refractivity contribution is 0.275. The zero-order chi connectivity index (χ0) is 13.2. The number of rotatable bonds is 4. The molecule has 0 fully saturated rings. The van der Waals surface area contributed by atoms with Crippen molar-refractivity contribution in [3.63, 3.8) is 0 Å². The van der Waals surface area contributed by atoms with Gasteiger partial charge in [0.2, 0.25) is 0 Å². The molecule has 5 heteroatoms. The van der Waals surface area contributed by atoms with Gasteiger partial charge in [0.25, 0.3) is 0 Å². The van der Waals surface area contributed by atoms with E-state index in [4.69, 9.17) is 14.8 Å². The van der Waals surface area contributed by atoms with Crippen LogP contribution in [0.3, 0.4) is 0 Å². The molecular weight excluding hydrogens is 249 g/mol. The first kappa shape index (κ1) is 13.1. The van der Waals surface area contributed by atoms with Crippen LogP contribution in [-0.2, 0) is 19.8 Å². The Balaban J connectivity index is 2.53. The molecule has 18 heavy (non-hydrogen) atoms. The molecule has 2 aromatic rings. The van der Waals surface area contributed by atoms with Crippen molar-refractivity contribution < 1.29 is 13.6 Å². The van der Waals surface area contributed by atoms with Crippen molar-refractivity contribution in [3.05, 3.63) is 42.0 Å². The van der Waals surface area contributed by atoms with Crippen molar-refractivity contribution in [2.75, 3.05) is 20.0 Å². The van der Waals surface area contributed by atoms with Crippen molar-refractivity contribution in [1.82, 2.24) is 0 Å². The molecule has 0 heterocycles. The summed E-state index contributed by atoms with van der Waals surface area (Å²) >= 11 is 0. The number of anilines is 1. The molecule has 96 valence electrons. The van der Waals surface area contributed by atoms with E-state index in [1.807, 2.05) is 36.4 Å². The molecule has 0 aromatic heterocycles. The van der Waals surface area contributed by atoms with E-state index in [1.54, 1.807) is 0 Å². The highest BCUT2D eigenvalue weighted by Gasteiger charge is 2.22. The summed E-state index contributed by atoms with van der Waals surface area (Å²) in [6.07, 6.45) is 0.237. The summed E-state index contributed by atoms with van der Waals surface area (Å²) < 4.78 is 22.1. The molecule has 0 aliphatic rings. The average molecular weight is 265 g/mol. The second-order valence-electron chi connectivity index (χ2n) is 3.99. The maximum Gasteiger partial charge on any atom is 0.334 e. The molecule has 0 unspecified atom stereocenters. The fourth-order valence-corrected chi connectivity index (χ4v) is 3.04. The van der Waals surface area contributed by atoms with E-state index >= 15 is 0 Å². The molecule has 2 rings (SSSR count). The predicted molar refractivity (Wildman–Crippen MR) is 73.7 cm³/mol. The van der Waals surface area contributed by atoms with E-state index in [0.29, 0.717) is 5.69 Å². The van der Waals surface area contributed by atoms with Crippen molar-refractivity contribution in [3.8, 4) is 0 Å². The van der Waals surface area contributed by atoms with Crippen LogP contribution in [0.2, 0.25) is 0 Å². The molecule has 4 nitrogen and oxygen atoms in total. The number of nitrogens with two attached hydrogens (primary N) is 1. The first-order valence-electron chi connectivity index (χ1n) is 5.56. The van der Waals surface area contributed by atoms with Gasteiger partial charge in [-0.3, -0.25) is 4.57 Å². The second-order valence-corrected chi connectivity index (χ2v) is 6.26. The van der Waals surface area contributed by atoms with E-state index < -0.39 is 7.60 Å². The SMILES string of the molecule is COP(=O)(Cc1ccc(N)c2ccccc12)OC. The molecular formula is C13H16NO3P. The first-order chi connectivity index (χ1) is 8.59. The number of nitrogen functional groups attached to an aromatic ring is 1. The summed E-state index contributed by atoms with van der Waals surface area (Å²) in [6.45, 7) is 0. The van der Waals surface area contributed by atoms with Gasteiger partial charge in [0.1, 0.15) is 0 Å². The third-order valence-electron chi connectivity index (χ3n) is 2.97. The lowest BCUT2D eigenvalue weighted by atomic mass is 10.0. The predicted octanol–water partition coefficient (Wildman–Crippen LogP) is 3.41. The molecule has 0 bridgehead atoms. The summed E-state index contributed by atoms with van der Waals surface area (Å²) in [5.74, 6) is 0. The van der Waals surface area contributed by atoms with E-state index in [2.05, 4.69) is 0 Å². The number of benzene rings is 2. The summed E-state index contributed by atoms with van der Waals surface area (Å²) in [7, 11) is -0.278. The highest BCUT2D eigenvalue weighted by atomic mass is 31.2. The van der Waals surface area contributed by atoms with Crippen LogP contribution < -0.4 is 5.73 Å². The number of hydrogen-bond donors (Lipinski definition) is 1. The normalized spacial score (nSPS) is 11.9. The van der Waals surface area contributed by atoms with Gasteiger partial charge >= 0.3 is 7.60 Å². The molecule has 0 amide bonds. The van der Waals surface area contributed by atoms with Gasteiger partial charge in [0.15, 0.2) is 0 Å². The summed E-state index contributed by atoms with van der Waals surface area (Å²) in [6, 6.07) is 11.4. The number of fused-ring (bicyclic) bond motifs is 1. The number of hydrogen-bond acceptors (Lipinski definition) is 4. The van der Waals surface area contributed by atoms with Gasteiger partial charge in [0, 0.05) is 25.3 Å². The molecule has 2 N–H and O–H groups in total. The Morgan fingerprint density at radius 3 is 2.28 bits per heavy atom. The van der Waals surface area contributed by atoms with Crippen molar-refractivity contribution in [1.29, 1.82) is 0 Å². The lowest BCUT2D eigenvalue weighted by Crippen LogP contribution is -1.96. The maximum atomic E-state index is 12.2. The van der Waals surface area contributed by atoms with E-state index in [1.165, 1.54) is 14.2 Å². The van der Waals surface area contributed by atoms with Crippen molar-refractivity contribution >= 4 is 24.1 Å². The van der Waals surface area contributed by atoms with E-state index in [0.717, 1.165) is 16.3 Å². The zero-order valence-electron chi connectivity index (χ0n) is 10.4. The molecule has 0 aliphatic carbocycles. The molecule has 0 saturated heterocycles. The zero-order valence-corrected chi connectivity index (χ0v) is 11.3. The molecule has 0 radical (unpaired) electrons. The van der Waals surface area contributed by atoms with E-state index in [-0.39, 0.29) is 6.16 Å². The Bertz CT molecular complexity index is 604. The lowest BCUT2D eigenvalue weighted by Gasteiger charge is -2.15. The van der Waals surface area contributed by atoms with Gasteiger partial charge in [0.05, 0.1) is 6.16 Å². The summed E-state index contributed by atoms with van der Waals surface area (Å²) in [5, 5.41) is 1.93. The van der Waals surface area contributed by atoms with Gasteiger partial charge < -0.3 is 14.8 Å². The molecule has 2 aromatic carbocycles. The van der Waals surface area contributed by atoms with Crippen LogP contribution in [0.5, 0.6) is 0 Å². The highest BCUT2D eigenvalue weighted by molar-refractivity contribution is 7.53. The summed E-state index contributed by atoms with van der Waals surface area (Å²) in [4.78, 5) is 0. The van der Waals surface area contributed by atoms with Crippen molar-refractivity contribution in [2.24, 2.45) is 0 Å². The Hall–Kier alpha value is -1.35. The largest absolute Gasteiger partial charge is 0.398 e. The van der Waals surface area contributed by atoms with Gasteiger partial charge in [-0.15, -0.1) is 0 Å². The topological polar surface area (TPSA) is 61.5 Å². The molecule has 0 aliphatic heterocycles. The minimum Gasteiger partial charge on any atom is -0.398 e. The minimum atomic E-state index is -3.06. The highest BCUT2D eigenvalue weighted by Crippen LogP contribution is 2.50.